The average molecular weight is 871 g/mol. The van der Waals surface area contributed by atoms with E-state index in [1.807, 2.05) is 50.3 Å². The normalized spacial score (nSPS) is 30.4. The van der Waals surface area contributed by atoms with Crippen molar-refractivity contribution in [2.75, 3.05) is 37.7 Å². The third kappa shape index (κ3) is 9.30. The first-order valence-corrected chi connectivity index (χ1v) is 23.2. The molecule has 2 aromatic rings. The number of pyridine rings is 1. The van der Waals surface area contributed by atoms with Crippen molar-refractivity contribution < 1.29 is 50.6 Å². The van der Waals surface area contributed by atoms with Crippen molar-refractivity contribution >= 4 is 50.1 Å². The molecule has 0 bridgehead atoms. The van der Waals surface area contributed by atoms with Gasteiger partial charge in [0.05, 0.1) is 48.3 Å². The number of benzene rings is 1. The number of carbonyl (C=O) groups is 4. The van der Waals surface area contributed by atoms with E-state index in [4.69, 9.17) is 14.2 Å². The molecule has 7 rings (SSSR count). The molecule has 0 radical (unpaired) electrons. The lowest BCUT2D eigenvalue weighted by Gasteiger charge is -2.34. The number of alkyl halides is 2. The molecule has 1 aromatic heterocycles. The highest BCUT2D eigenvalue weighted by Crippen LogP contribution is 2.58. The van der Waals surface area contributed by atoms with Gasteiger partial charge in [0.1, 0.15) is 6.10 Å². The number of halogens is 2. The number of sulfonamides is 1. The molecule has 2 aliphatic carbocycles. The summed E-state index contributed by atoms with van der Waals surface area (Å²) in [6.45, 7) is 11.0. The van der Waals surface area contributed by atoms with Crippen LogP contribution in [0.4, 0.5) is 14.5 Å². The first-order chi connectivity index (χ1) is 28.6. The number of hydrogen-bond acceptors (Lipinski definition) is 11. The molecule has 1 N–H and O–H groups in total. The maximum Gasteiger partial charge on any atom is 0.307 e. The van der Waals surface area contributed by atoms with Gasteiger partial charge < -0.3 is 24.0 Å². The fourth-order valence-corrected chi connectivity index (χ4v) is 10.5. The summed E-state index contributed by atoms with van der Waals surface area (Å²) < 4.78 is 74.4. The van der Waals surface area contributed by atoms with E-state index in [2.05, 4.69) is 14.6 Å². The summed E-state index contributed by atoms with van der Waals surface area (Å²) in [5, 5.41) is 1.65. The Hall–Kier alpha value is -4.18. The molecule has 3 aliphatic heterocycles. The molecule has 16 heteroatoms. The minimum absolute atomic E-state index is 0.0391. The van der Waals surface area contributed by atoms with Crippen LogP contribution in [-0.2, 0) is 38.7 Å². The van der Waals surface area contributed by atoms with E-state index in [-0.39, 0.29) is 31.7 Å². The number of carbonyl (C=O) groups excluding carboxylic acids is 4. The van der Waals surface area contributed by atoms with Crippen LogP contribution in [0.5, 0.6) is 5.88 Å². The molecule has 4 heterocycles. The van der Waals surface area contributed by atoms with Crippen LogP contribution in [0.25, 0.3) is 10.8 Å². The zero-order chi connectivity index (χ0) is 44.1. The van der Waals surface area contributed by atoms with E-state index in [0.717, 1.165) is 30.3 Å². The highest BCUT2D eigenvalue weighted by Gasteiger charge is 2.63. The predicted molar refractivity (Wildman–Crippen MR) is 224 cm³/mol. The maximum absolute atomic E-state index is 15.0. The van der Waals surface area contributed by atoms with Gasteiger partial charge in [-0.05, 0) is 95.2 Å². The van der Waals surface area contributed by atoms with Crippen molar-refractivity contribution in [3.63, 3.8) is 0 Å². The molecule has 334 valence electrons. The molecule has 13 nitrogen and oxygen atoms in total. The van der Waals surface area contributed by atoms with Crippen LogP contribution < -0.4 is 14.4 Å². The molecule has 4 fully saturated rings. The van der Waals surface area contributed by atoms with Gasteiger partial charge >= 0.3 is 5.97 Å². The van der Waals surface area contributed by atoms with Crippen molar-refractivity contribution in [2.24, 2.45) is 29.1 Å². The Kier molecular flexibility index (Phi) is 12.4. The fourth-order valence-electron chi connectivity index (χ4n) is 9.18. The number of ether oxygens (including phenoxy) is 3. The summed E-state index contributed by atoms with van der Waals surface area (Å²) in [5.41, 5.74) is -2.49. The molecule has 2 amide bonds. The van der Waals surface area contributed by atoms with Crippen molar-refractivity contribution in [1.82, 2.24) is 14.6 Å². The van der Waals surface area contributed by atoms with Crippen molar-refractivity contribution in [3.8, 4) is 5.88 Å². The highest BCUT2D eigenvalue weighted by molar-refractivity contribution is 7.91. The van der Waals surface area contributed by atoms with Crippen LogP contribution in [-0.4, -0.2) is 103 Å². The Morgan fingerprint density at radius 2 is 1.77 bits per heavy atom. The third-order valence-corrected chi connectivity index (χ3v) is 16.1. The molecule has 5 aliphatic rings. The number of hydrogen-bond donors (Lipinski definition) is 1. The Bertz CT molecular complexity index is 2170. The van der Waals surface area contributed by atoms with E-state index in [1.54, 1.807) is 13.1 Å². The highest BCUT2D eigenvalue weighted by atomic mass is 32.2. The van der Waals surface area contributed by atoms with E-state index in [1.165, 1.54) is 4.90 Å². The van der Waals surface area contributed by atoms with Gasteiger partial charge in [-0.3, -0.25) is 23.9 Å². The predicted octanol–water partition coefficient (Wildman–Crippen LogP) is 6.38. The monoisotopic (exact) mass is 870 g/mol. The van der Waals surface area contributed by atoms with Crippen LogP contribution in [0.1, 0.15) is 99.3 Å². The lowest BCUT2D eigenvalue weighted by atomic mass is 9.82. The van der Waals surface area contributed by atoms with E-state index in [9.17, 15) is 31.6 Å². The minimum Gasteiger partial charge on any atom is -0.472 e. The van der Waals surface area contributed by atoms with Gasteiger partial charge in [-0.25, -0.2) is 22.2 Å². The molecule has 2 saturated heterocycles. The zero-order valence-electron chi connectivity index (χ0n) is 36.1. The summed E-state index contributed by atoms with van der Waals surface area (Å²) in [6.07, 6.45) is 6.98. The van der Waals surface area contributed by atoms with Gasteiger partial charge in [0.25, 0.3) is 5.92 Å². The third-order valence-electron chi connectivity index (χ3n) is 14.0. The lowest BCUT2D eigenvalue weighted by molar-refractivity contribution is -0.197. The number of anilines is 1. The van der Waals surface area contributed by atoms with Gasteiger partial charge in [-0.15, -0.1) is 0 Å². The van der Waals surface area contributed by atoms with Gasteiger partial charge in [0.15, 0.2) is 11.4 Å². The number of morpholine rings is 1. The smallest absolute Gasteiger partial charge is 0.307 e. The van der Waals surface area contributed by atoms with Crippen molar-refractivity contribution in [2.45, 2.75) is 128 Å². The quantitative estimate of drug-likeness (QED) is 0.209. The average Bonchev–Trinajstić information content (AvgIpc) is 4.08. The number of rotatable bonds is 10. The second-order valence-corrected chi connectivity index (χ2v) is 21.3. The molecule has 0 unspecified atom stereocenters. The number of amides is 2. The summed E-state index contributed by atoms with van der Waals surface area (Å²) in [6, 6.07) is 6.66. The topological polar surface area (TPSA) is 162 Å². The van der Waals surface area contributed by atoms with Crippen LogP contribution >= 0.6 is 0 Å². The number of aromatic nitrogens is 1. The summed E-state index contributed by atoms with van der Waals surface area (Å²) in [5.74, 6) is -7.46. The second-order valence-electron chi connectivity index (χ2n) is 19.1. The molecule has 61 heavy (non-hydrogen) atoms. The Labute approximate surface area is 357 Å². The molecule has 0 spiro atoms. The zero-order valence-corrected chi connectivity index (χ0v) is 36.9. The van der Waals surface area contributed by atoms with E-state index < -0.39 is 91.6 Å². The number of nitrogens with one attached hydrogen (secondary N) is 1. The molecular weight excluding hydrogens is 811 g/mol. The van der Waals surface area contributed by atoms with Crippen LogP contribution in [0.15, 0.2) is 42.6 Å². The number of ketones is 1. The van der Waals surface area contributed by atoms with Crippen LogP contribution in [0.2, 0.25) is 0 Å². The molecule has 1 aromatic carbocycles. The number of Topliss-reactive ketones (excluding diaryl/α,β-unsaturated/α-hetero) is 1. The van der Waals surface area contributed by atoms with Gasteiger partial charge in [0, 0.05) is 55.5 Å². The molecule has 2 saturated carbocycles. The maximum atomic E-state index is 15.0. The fraction of sp³-hybridized carbons (Fsp3) is 0.667. The largest absolute Gasteiger partial charge is 0.472 e. The number of esters is 1. The lowest BCUT2D eigenvalue weighted by Crippen LogP contribution is -2.49. The summed E-state index contributed by atoms with van der Waals surface area (Å²) in [4.78, 5) is 65.6. The first kappa shape index (κ1) is 44.9. The number of fused-ring (bicyclic) bond motifs is 3. The van der Waals surface area contributed by atoms with Gasteiger partial charge in [-0.1, -0.05) is 32.1 Å². The number of allylic oxidation sites excluding steroid dienone is 2. The van der Waals surface area contributed by atoms with Crippen LogP contribution in [0.3, 0.4) is 0 Å². The van der Waals surface area contributed by atoms with Crippen molar-refractivity contribution in [3.05, 3.63) is 42.6 Å². The second kappa shape index (κ2) is 16.8. The standard InChI is InChI=1S/C45H60F2N4O9S/c1-28-10-7-8-11-30-25-45(30,41(55)49-61(56,57)43(5)15-16-43)26-37(52)36-23-31(59-39-33-12-9-13-35(32(33)14-17-48-39)50-18-20-58-21-19-50)27-51(36)40(54)34(29(2)22-28)24-38(53)60-42(3,4)44(6,46)47/h8-9,11-14,17,28-31,34,36H,7,10,15-16,18-27H2,1-6H3,(H,49,55)/b11-8-/t28-,29-,30-,31-,34+,36+,45-/m1/s1. The molecular formula is C45H60F2N4O9S. The first-order valence-electron chi connectivity index (χ1n) is 21.7. The minimum atomic E-state index is -4.01. The van der Waals surface area contributed by atoms with E-state index >= 15 is 4.79 Å². The van der Waals surface area contributed by atoms with E-state index in [0.29, 0.717) is 71.2 Å². The van der Waals surface area contributed by atoms with Crippen molar-refractivity contribution in [1.29, 1.82) is 0 Å². The summed E-state index contributed by atoms with van der Waals surface area (Å²) >= 11 is 0. The van der Waals surface area contributed by atoms with Gasteiger partial charge in [-0.2, -0.15) is 0 Å². The van der Waals surface area contributed by atoms with Gasteiger partial charge in [0.2, 0.25) is 27.7 Å². The molecule has 7 atom stereocenters. The summed E-state index contributed by atoms with van der Waals surface area (Å²) in [7, 11) is -4.01. The Balaban J connectivity index is 1.22. The SMILES string of the molecule is C[C@@H]1CC/C=C\[C@@H]2C[C@@]2(C(=O)NS(=O)(=O)C2(C)CC2)CC(=O)[C@@H]2C[C@@H](Oc3nccc4c(N5CCOCC5)cccc34)CN2C(=O)[C@@H](CC(=O)OC(C)(C)C(C)(F)F)[C@H](C)C1. The number of nitrogens with zero attached hydrogens (tertiary/aromatic N) is 3. The Morgan fingerprint density at radius 1 is 1.05 bits per heavy atom. The Morgan fingerprint density at radius 3 is 2.46 bits per heavy atom. The van der Waals surface area contributed by atoms with Crippen LogP contribution in [0, 0.1) is 29.1 Å².